The van der Waals surface area contributed by atoms with Crippen LogP contribution in [0.4, 0.5) is 10.6 Å². The molecule has 1 N–H and O–H groups in total. The van der Waals surface area contributed by atoms with Crippen molar-refractivity contribution in [3.05, 3.63) is 34.7 Å². The summed E-state index contributed by atoms with van der Waals surface area (Å²) in [6, 6.07) is 5.19. The smallest absolute Gasteiger partial charge is 0.410 e. The lowest BCUT2D eigenvalue weighted by atomic mass is 10.0. The minimum Gasteiger partial charge on any atom is -0.444 e. The summed E-state index contributed by atoms with van der Waals surface area (Å²) in [7, 11) is 0. The number of aromatic nitrogens is 2. The van der Waals surface area contributed by atoms with Gasteiger partial charge in [0.1, 0.15) is 11.4 Å². The molecule has 2 unspecified atom stereocenters. The Morgan fingerprint density at radius 3 is 2.50 bits per heavy atom. The van der Waals surface area contributed by atoms with Crippen molar-refractivity contribution in [3.8, 4) is 0 Å². The number of hydrogen-bond donors (Lipinski definition) is 1. The summed E-state index contributed by atoms with van der Waals surface area (Å²) in [5.74, 6) is 1.74. The Morgan fingerprint density at radius 2 is 1.85 bits per heavy atom. The van der Waals surface area contributed by atoms with Crippen LogP contribution in [-0.4, -0.2) is 52.7 Å². The number of H-pyrrole nitrogens is 1. The third-order valence-corrected chi connectivity index (χ3v) is 5.07. The van der Waals surface area contributed by atoms with Crippen LogP contribution in [0.15, 0.2) is 29.2 Å². The molecule has 0 spiro atoms. The molecule has 2 aromatic rings. The van der Waals surface area contributed by atoms with Gasteiger partial charge in [0.15, 0.2) is 0 Å². The van der Waals surface area contributed by atoms with Gasteiger partial charge in [-0.3, -0.25) is 4.79 Å². The number of nitrogens with one attached hydrogen (secondary N) is 1. The number of aromatic amines is 1. The van der Waals surface area contributed by atoms with Gasteiger partial charge in [-0.05, 0) is 32.9 Å². The zero-order valence-electron chi connectivity index (χ0n) is 15.4. The standard InChI is InChI=1S/C19H24N4O3/c1-19(2,3)26-18(25)23-10-12-8-22(9-13(12)11-23)17-14-4-5-16(24)21-15(14)6-7-20-17/h4-7,12-13H,8-11H2,1-3H3,(H,21,24). The second-order valence-corrected chi connectivity index (χ2v) is 8.23. The first-order valence-corrected chi connectivity index (χ1v) is 9.01. The number of pyridine rings is 2. The van der Waals surface area contributed by atoms with Crippen molar-refractivity contribution >= 4 is 22.8 Å². The number of hydrogen-bond acceptors (Lipinski definition) is 5. The molecular formula is C19H24N4O3. The van der Waals surface area contributed by atoms with Crippen molar-refractivity contribution in [2.75, 3.05) is 31.1 Å². The summed E-state index contributed by atoms with van der Waals surface area (Å²) in [6.45, 7) is 8.82. The number of fused-ring (bicyclic) bond motifs is 2. The van der Waals surface area contributed by atoms with Crippen molar-refractivity contribution in [2.45, 2.75) is 26.4 Å². The molecule has 2 atom stereocenters. The summed E-state index contributed by atoms with van der Waals surface area (Å²) in [4.78, 5) is 35.3. The molecule has 4 rings (SSSR count). The number of ether oxygens (including phenoxy) is 1. The van der Waals surface area contributed by atoms with Crippen LogP contribution in [0.1, 0.15) is 20.8 Å². The number of amides is 1. The zero-order chi connectivity index (χ0) is 18.5. The van der Waals surface area contributed by atoms with Crippen LogP contribution in [0, 0.1) is 11.8 Å². The Bertz CT molecular complexity index is 888. The fourth-order valence-corrected chi connectivity index (χ4v) is 3.96. The van der Waals surface area contributed by atoms with E-state index in [-0.39, 0.29) is 11.7 Å². The molecule has 138 valence electrons. The molecule has 7 nitrogen and oxygen atoms in total. The monoisotopic (exact) mass is 356 g/mol. The number of anilines is 1. The molecule has 7 heteroatoms. The Labute approximate surface area is 152 Å². The van der Waals surface area contributed by atoms with Crippen molar-refractivity contribution in [3.63, 3.8) is 0 Å². The zero-order valence-corrected chi connectivity index (χ0v) is 15.4. The minimum atomic E-state index is -0.468. The maximum absolute atomic E-state index is 12.3. The highest BCUT2D eigenvalue weighted by molar-refractivity contribution is 5.89. The van der Waals surface area contributed by atoms with Crippen LogP contribution in [0.25, 0.3) is 10.9 Å². The van der Waals surface area contributed by atoms with Gasteiger partial charge < -0.3 is 19.5 Å². The number of rotatable bonds is 1. The van der Waals surface area contributed by atoms with E-state index < -0.39 is 5.60 Å². The molecular weight excluding hydrogens is 332 g/mol. The summed E-state index contributed by atoms with van der Waals surface area (Å²) in [5, 5.41) is 0.955. The first-order chi connectivity index (χ1) is 12.3. The molecule has 1 amide bonds. The fourth-order valence-electron chi connectivity index (χ4n) is 3.96. The van der Waals surface area contributed by atoms with Gasteiger partial charge in [-0.2, -0.15) is 0 Å². The lowest BCUT2D eigenvalue weighted by Gasteiger charge is -2.26. The van der Waals surface area contributed by atoms with E-state index in [4.69, 9.17) is 4.74 Å². The molecule has 2 saturated heterocycles. The van der Waals surface area contributed by atoms with Gasteiger partial charge in [-0.15, -0.1) is 0 Å². The Morgan fingerprint density at radius 1 is 1.15 bits per heavy atom. The highest BCUT2D eigenvalue weighted by Crippen LogP contribution is 2.35. The molecule has 0 aromatic carbocycles. The van der Waals surface area contributed by atoms with Gasteiger partial charge in [-0.25, -0.2) is 9.78 Å². The predicted octanol–water partition coefficient (Wildman–Crippen LogP) is 2.23. The topological polar surface area (TPSA) is 78.5 Å². The molecule has 0 aliphatic carbocycles. The van der Waals surface area contributed by atoms with E-state index in [1.165, 1.54) is 6.07 Å². The summed E-state index contributed by atoms with van der Waals surface area (Å²) in [5.41, 5.74) is 0.223. The fraction of sp³-hybridized carbons (Fsp3) is 0.526. The van der Waals surface area contributed by atoms with E-state index in [1.54, 1.807) is 6.20 Å². The maximum Gasteiger partial charge on any atom is 0.410 e. The average Bonchev–Trinajstić information content (AvgIpc) is 3.11. The highest BCUT2D eigenvalue weighted by atomic mass is 16.6. The molecule has 26 heavy (non-hydrogen) atoms. The molecule has 0 radical (unpaired) electrons. The van der Waals surface area contributed by atoms with Crippen LogP contribution in [0.5, 0.6) is 0 Å². The van der Waals surface area contributed by atoms with Crippen molar-refractivity contribution in [1.82, 2.24) is 14.9 Å². The van der Waals surface area contributed by atoms with Gasteiger partial charge in [0, 0.05) is 55.7 Å². The van der Waals surface area contributed by atoms with Crippen LogP contribution in [0.3, 0.4) is 0 Å². The molecule has 2 aromatic heterocycles. The third-order valence-electron chi connectivity index (χ3n) is 5.07. The number of likely N-dealkylation sites (tertiary alicyclic amines) is 1. The normalized spacial score (nSPS) is 22.7. The molecule has 2 fully saturated rings. The second-order valence-electron chi connectivity index (χ2n) is 8.23. The van der Waals surface area contributed by atoms with Gasteiger partial charge in [-0.1, -0.05) is 0 Å². The predicted molar refractivity (Wildman–Crippen MR) is 99.4 cm³/mol. The van der Waals surface area contributed by atoms with Crippen LogP contribution in [-0.2, 0) is 4.74 Å². The Hall–Kier alpha value is -2.57. The first kappa shape index (κ1) is 16.9. The van der Waals surface area contributed by atoms with Crippen molar-refractivity contribution in [1.29, 1.82) is 0 Å². The number of carbonyl (C=O) groups is 1. The molecule has 0 saturated carbocycles. The van der Waals surface area contributed by atoms with Crippen molar-refractivity contribution in [2.24, 2.45) is 11.8 Å². The van der Waals surface area contributed by atoms with Crippen LogP contribution < -0.4 is 10.5 Å². The quantitative estimate of drug-likeness (QED) is 0.848. The molecule has 0 bridgehead atoms. The van der Waals surface area contributed by atoms with E-state index in [1.807, 2.05) is 37.8 Å². The second kappa shape index (κ2) is 6.00. The van der Waals surface area contributed by atoms with Gasteiger partial charge in [0.2, 0.25) is 5.56 Å². The van der Waals surface area contributed by atoms with Gasteiger partial charge >= 0.3 is 6.09 Å². The lowest BCUT2D eigenvalue weighted by molar-refractivity contribution is 0.0282. The van der Waals surface area contributed by atoms with E-state index in [0.29, 0.717) is 11.8 Å². The highest BCUT2D eigenvalue weighted by Gasteiger charge is 2.43. The summed E-state index contributed by atoms with van der Waals surface area (Å²) in [6.07, 6.45) is 1.51. The Balaban J connectivity index is 1.49. The first-order valence-electron chi connectivity index (χ1n) is 9.01. The summed E-state index contributed by atoms with van der Waals surface area (Å²) < 4.78 is 5.49. The lowest BCUT2D eigenvalue weighted by Crippen LogP contribution is -2.37. The molecule has 4 heterocycles. The maximum atomic E-state index is 12.3. The molecule has 2 aliphatic rings. The van der Waals surface area contributed by atoms with Crippen LogP contribution >= 0.6 is 0 Å². The van der Waals surface area contributed by atoms with E-state index in [9.17, 15) is 9.59 Å². The minimum absolute atomic E-state index is 0.110. The SMILES string of the molecule is CC(C)(C)OC(=O)N1CC2CN(c3nccc4[nH]c(=O)ccc34)CC2C1. The van der Waals surface area contributed by atoms with E-state index in [0.717, 1.165) is 42.9 Å². The number of carbonyl (C=O) groups excluding carboxylic acids is 1. The van der Waals surface area contributed by atoms with Gasteiger partial charge in [0.25, 0.3) is 0 Å². The number of nitrogens with zero attached hydrogens (tertiary/aromatic N) is 3. The Kier molecular flexibility index (Phi) is 3.89. The van der Waals surface area contributed by atoms with Crippen molar-refractivity contribution < 1.29 is 9.53 Å². The van der Waals surface area contributed by atoms with E-state index in [2.05, 4.69) is 14.9 Å². The van der Waals surface area contributed by atoms with Crippen LogP contribution in [0.2, 0.25) is 0 Å². The third kappa shape index (κ3) is 3.13. The van der Waals surface area contributed by atoms with Gasteiger partial charge in [0.05, 0.1) is 5.52 Å². The summed E-state index contributed by atoms with van der Waals surface area (Å²) >= 11 is 0. The average molecular weight is 356 g/mol. The largest absolute Gasteiger partial charge is 0.444 e. The van der Waals surface area contributed by atoms with E-state index >= 15 is 0 Å². The molecule has 2 aliphatic heterocycles.